The molecule has 126 valence electrons. The largest absolute Gasteiger partial charge is 0.492 e. The van der Waals surface area contributed by atoms with Crippen molar-refractivity contribution in [1.82, 2.24) is 10.6 Å². The number of para-hydroxylation sites is 1. The third-order valence-electron chi connectivity index (χ3n) is 3.64. The molecule has 0 saturated heterocycles. The fourth-order valence-corrected chi connectivity index (χ4v) is 2.36. The van der Waals surface area contributed by atoms with Crippen LogP contribution >= 0.6 is 0 Å². The van der Waals surface area contributed by atoms with Crippen LogP contribution in [-0.2, 0) is 0 Å². The van der Waals surface area contributed by atoms with E-state index in [-0.39, 0.29) is 18.9 Å². The number of fused-ring (bicyclic) bond motifs is 1. The second kappa shape index (κ2) is 7.59. The molecule has 1 aliphatic rings. The summed E-state index contributed by atoms with van der Waals surface area (Å²) >= 11 is 0. The van der Waals surface area contributed by atoms with Crippen molar-refractivity contribution in [3.05, 3.63) is 54.1 Å². The minimum Gasteiger partial charge on any atom is -0.492 e. The first-order chi connectivity index (χ1) is 11.7. The minimum absolute atomic E-state index is 0.144. The maximum atomic E-state index is 11.9. The van der Waals surface area contributed by atoms with Gasteiger partial charge in [-0.05, 0) is 36.8 Å². The Kier molecular flexibility index (Phi) is 5.05. The predicted octanol–water partition coefficient (Wildman–Crippen LogP) is 2.85. The number of carbonyl (C=O) groups excluding carboxylic acids is 1. The van der Waals surface area contributed by atoms with Crippen molar-refractivity contribution in [2.45, 2.75) is 13.0 Å². The van der Waals surface area contributed by atoms with Gasteiger partial charge in [-0.1, -0.05) is 24.3 Å². The van der Waals surface area contributed by atoms with Crippen LogP contribution in [0.1, 0.15) is 18.5 Å². The smallest absolute Gasteiger partial charge is 0.315 e. The lowest BCUT2D eigenvalue weighted by Gasteiger charge is -2.15. The summed E-state index contributed by atoms with van der Waals surface area (Å²) in [6, 6.07) is 14.8. The average Bonchev–Trinajstić information content (AvgIpc) is 3.07. The molecule has 0 spiro atoms. The molecule has 0 fully saturated rings. The van der Waals surface area contributed by atoms with Crippen LogP contribution in [0.25, 0.3) is 0 Å². The number of rotatable bonds is 6. The van der Waals surface area contributed by atoms with Crippen molar-refractivity contribution in [1.29, 1.82) is 0 Å². The molecule has 6 nitrogen and oxygen atoms in total. The highest BCUT2D eigenvalue weighted by Gasteiger charge is 2.16. The fourth-order valence-electron chi connectivity index (χ4n) is 2.36. The summed E-state index contributed by atoms with van der Waals surface area (Å²) in [6.45, 7) is 2.99. The van der Waals surface area contributed by atoms with E-state index in [1.165, 1.54) is 0 Å². The minimum atomic E-state index is -0.239. The summed E-state index contributed by atoms with van der Waals surface area (Å²) in [5.41, 5.74) is 0.954. The molecule has 0 aliphatic carbocycles. The Labute approximate surface area is 140 Å². The van der Waals surface area contributed by atoms with Crippen LogP contribution in [0, 0.1) is 0 Å². The maximum absolute atomic E-state index is 11.9. The molecule has 1 atom stereocenters. The molecule has 1 heterocycles. The lowest BCUT2D eigenvalue weighted by Crippen LogP contribution is -2.38. The second-order valence-corrected chi connectivity index (χ2v) is 5.40. The van der Waals surface area contributed by atoms with Gasteiger partial charge in [-0.25, -0.2) is 4.79 Å². The number of ether oxygens (including phenoxy) is 3. The van der Waals surface area contributed by atoms with Gasteiger partial charge in [-0.3, -0.25) is 0 Å². The highest BCUT2D eigenvalue weighted by Crippen LogP contribution is 2.34. The van der Waals surface area contributed by atoms with Gasteiger partial charge >= 0.3 is 6.03 Å². The van der Waals surface area contributed by atoms with Gasteiger partial charge in [0.15, 0.2) is 11.5 Å². The highest BCUT2D eigenvalue weighted by molar-refractivity contribution is 5.74. The first-order valence-electron chi connectivity index (χ1n) is 7.84. The van der Waals surface area contributed by atoms with Gasteiger partial charge in [0.1, 0.15) is 12.4 Å². The molecule has 2 N–H and O–H groups in total. The summed E-state index contributed by atoms with van der Waals surface area (Å²) in [4.78, 5) is 11.9. The van der Waals surface area contributed by atoms with Crippen LogP contribution in [0.2, 0.25) is 0 Å². The van der Waals surface area contributed by atoms with E-state index in [1.54, 1.807) is 0 Å². The summed E-state index contributed by atoms with van der Waals surface area (Å²) in [5.74, 6) is 2.22. The van der Waals surface area contributed by atoms with Crippen LogP contribution in [0.4, 0.5) is 4.79 Å². The molecule has 24 heavy (non-hydrogen) atoms. The number of nitrogens with one attached hydrogen (secondary N) is 2. The van der Waals surface area contributed by atoms with E-state index in [1.807, 2.05) is 55.5 Å². The molecule has 0 unspecified atom stereocenters. The molecule has 6 heteroatoms. The van der Waals surface area contributed by atoms with Crippen molar-refractivity contribution < 1.29 is 19.0 Å². The monoisotopic (exact) mass is 328 g/mol. The summed E-state index contributed by atoms with van der Waals surface area (Å²) < 4.78 is 16.2. The van der Waals surface area contributed by atoms with E-state index >= 15 is 0 Å². The molecule has 0 saturated carbocycles. The third kappa shape index (κ3) is 4.10. The number of carbonyl (C=O) groups is 1. The molecule has 0 aromatic heterocycles. The Morgan fingerprint density at radius 2 is 1.96 bits per heavy atom. The lowest BCUT2D eigenvalue weighted by atomic mass is 10.1. The molecular formula is C18H20N2O4. The zero-order valence-corrected chi connectivity index (χ0v) is 13.5. The van der Waals surface area contributed by atoms with E-state index < -0.39 is 0 Å². The fraction of sp³-hybridized carbons (Fsp3) is 0.278. The van der Waals surface area contributed by atoms with E-state index in [0.29, 0.717) is 18.9 Å². The van der Waals surface area contributed by atoms with Gasteiger partial charge < -0.3 is 24.8 Å². The van der Waals surface area contributed by atoms with Crippen molar-refractivity contribution in [3.63, 3.8) is 0 Å². The Bertz CT molecular complexity index is 691. The standard InChI is InChI=1S/C18H20N2O4/c1-13(14-7-8-16-17(11-14)24-12-23-16)20-18(21)19-9-10-22-15-5-3-2-4-6-15/h2-8,11,13H,9-10,12H2,1H3,(H2,19,20,21)/t13-/m1/s1. The lowest BCUT2D eigenvalue weighted by molar-refractivity contribution is 0.174. The molecule has 2 aromatic rings. The van der Waals surface area contributed by atoms with Crippen LogP contribution < -0.4 is 24.8 Å². The Morgan fingerprint density at radius 1 is 1.17 bits per heavy atom. The SMILES string of the molecule is C[C@@H](NC(=O)NCCOc1ccccc1)c1ccc2c(c1)OCO2. The van der Waals surface area contributed by atoms with Gasteiger partial charge in [-0.15, -0.1) is 0 Å². The van der Waals surface area contributed by atoms with Crippen LogP contribution in [0.3, 0.4) is 0 Å². The molecule has 2 aromatic carbocycles. The van der Waals surface area contributed by atoms with Gasteiger partial charge in [0.05, 0.1) is 12.6 Å². The van der Waals surface area contributed by atoms with Gasteiger partial charge in [-0.2, -0.15) is 0 Å². The number of urea groups is 1. The van der Waals surface area contributed by atoms with E-state index in [2.05, 4.69) is 10.6 Å². The van der Waals surface area contributed by atoms with Gasteiger partial charge in [0.25, 0.3) is 0 Å². The number of hydrogen-bond donors (Lipinski definition) is 2. The Hall–Kier alpha value is -2.89. The maximum Gasteiger partial charge on any atom is 0.315 e. The quantitative estimate of drug-likeness (QED) is 0.800. The number of hydrogen-bond acceptors (Lipinski definition) is 4. The van der Waals surface area contributed by atoms with Gasteiger partial charge in [0, 0.05) is 0 Å². The van der Waals surface area contributed by atoms with Gasteiger partial charge in [0.2, 0.25) is 6.79 Å². The zero-order chi connectivity index (χ0) is 16.8. The van der Waals surface area contributed by atoms with Crippen molar-refractivity contribution in [2.24, 2.45) is 0 Å². The van der Waals surface area contributed by atoms with Crippen LogP contribution in [-0.4, -0.2) is 26.0 Å². The summed E-state index contributed by atoms with van der Waals surface area (Å²) in [6.07, 6.45) is 0. The van der Waals surface area contributed by atoms with E-state index in [4.69, 9.17) is 14.2 Å². The van der Waals surface area contributed by atoms with Crippen molar-refractivity contribution >= 4 is 6.03 Å². The number of amides is 2. The first kappa shape index (κ1) is 16.0. The van der Waals surface area contributed by atoms with E-state index in [0.717, 1.165) is 17.1 Å². The zero-order valence-electron chi connectivity index (χ0n) is 13.5. The highest BCUT2D eigenvalue weighted by atomic mass is 16.7. The Morgan fingerprint density at radius 3 is 2.79 bits per heavy atom. The normalized spacial score (nSPS) is 13.2. The van der Waals surface area contributed by atoms with Crippen LogP contribution in [0.5, 0.6) is 17.2 Å². The van der Waals surface area contributed by atoms with Crippen LogP contribution in [0.15, 0.2) is 48.5 Å². The van der Waals surface area contributed by atoms with Crippen molar-refractivity contribution in [2.75, 3.05) is 19.9 Å². The van der Waals surface area contributed by atoms with Crippen molar-refractivity contribution in [3.8, 4) is 17.2 Å². The molecular weight excluding hydrogens is 308 g/mol. The second-order valence-electron chi connectivity index (χ2n) is 5.40. The Balaban J connectivity index is 1.41. The summed E-state index contributed by atoms with van der Waals surface area (Å²) in [7, 11) is 0. The average molecular weight is 328 g/mol. The number of benzene rings is 2. The molecule has 0 radical (unpaired) electrons. The predicted molar refractivity (Wildman–Crippen MR) is 89.5 cm³/mol. The molecule has 3 rings (SSSR count). The third-order valence-corrected chi connectivity index (χ3v) is 3.64. The molecule has 2 amide bonds. The molecule has 1 aliphatic heterocycles. The first-order valence-corrected chi connectivity index (χ1v) is 7.84. The topological polar surface area (TPSA) is 68.8 Å². The summed E-state index contributed by atoms with van der Waals surface area (Å²) in [5, 5.41) is 5.66. The van der Waals surface area contributed by atoms with E-state index in [9.17, 15) is 4.79 Å². The molecule has 0 bridgehead atoms.